The summed E-state index contributed by atoms with van der Waals surface area (Å²) in [6.07, 6.45) is 0.279. The maximum atomic E-state index is 11.9. The standard InChI is InChI=1S/C15H20O4/c1-4-15(5-2)18-12(11-9-7-6-8-10-11)13(19-15)14(16)17-3/h6-10,12-13H,4-5H2,1-3H3/t12-,13+/m1/s1. The van der Waals surface area contributed by atoms with Gasteiger partial charge in [-0.2, -0.15) is 0 Å². The second-order valence-electron chi connectivity index (χ2n) is 4.63. The summed E-state index contributed by atoms with van der Waals surface area (Å²) in [4.78, 5) is 11.9. The van der Waals surface area contributed by atoms with Crippen molar-refractivity contribution in [3.8, 4) is 0 Å². The van der Waals surface area contributed by atoms with Crippen LogP contribution in [-0.2, 0) is 19.0 Å². The molecule has 1 aromatic rings. The Morgan fingerprint density at radius 3 is 2.37 bits per heavy atom. The summed E-state index contributed by atoms with van der Waals surface area (Å²) < 4.78 is 16.7. The van der Waals surface area contributed by atoms with Gasteiger partial charge in [-0.1, -0.05) is 44.2 Å². The van der Waals surface area contributed by atoms with Crippen LogP contribution in [0.3, 0.4) is 0 Å². The van der Waals surface area contributed by atoms with Gasteiger partial charge in [0.25, 0.3) is 0 Å². The smallest absolute Gasteiger partial charge is 0.338 e. The summed E-state index contributed by atoms with van der Waals surface area (Å²) in [5.41, 5.74) is 0.932. The van der Waals surface area contributed by atoms with Crippen LogP contribution in [0.15, 0.2) is 30.3 Å². The van der Waals surface area contributed by atoms with Crippen LogP contribution in [0.1, 0.15) is 38.4 Å². The molecule has 0 aliphatic carbocycles. The molecule has 1 aliphatic heterocycles. The van der Waals surface area contributed by atoms with Gasteiger partial charge in [0.2, 0.25) is 0 Å². The minimum Gasteiger partial charge on any atom is -0.467 e. The molecule has 0 bridgehead atoms. The molecular formula is C15H20O4. The largest absolute Gasteiger partial charge is 0.467 e. The van der Waals surface area contributed by atoms with Crippen LogP contribution in [0.2, 0.25) is 0 Å². The van der Waals surface area contributed by atoms with Crippen molar-refractivity contribution in [3.63, 3.8) is 0 Å². The van der Waals surface area contributed by atoms with Crippen molar-refractivity contribution in [3.05, 3.63) is 35.9 Å². The number of hydrogen-bond donors (Lipinski definition) is 0. The maximum Gasteiger partial charge on any atom is 0.338 e. The fraction of sp³-hybridized carbons (Fsp3) is 0.533. The molecule has 4 heteroatoms. The molecular weight excluding hydrogens is 244 g/mol. The third-order valence-electron chi connectivity index (χ3n) is 3.60. The van der Waals surface area contributed by atoms with Crippen molar-refractivity contribution >= 4 is 5.97 Å². The predicted molar refractivity (Wildman–Crippen MR) is 70.5 cm³/mol. The van der Waals surface area contributed by atoms with Crippen LogP contribution in [0, 0.1) is 0 Å². The molecule has 104 valence electrons. The average molecular weight is 264 g/mol. The molecule has 1 saturated heterocycles. The second-order valence-corrected chi connectivity index (χ2v) is 4.63. The molecule has 1 fully saturated rings. The molecule has 0 aromatic heterocycles. The number of hydrogen-bond acceptors (Lipinski definition) is 4. The van der Waals surface area contributed by atoms with E-state index in [4.69, 9.17) is 14.2 Å². The molecule has 2 rings (SSSR count). The normalized spacial score (nSPS) is 25.2. The summed E-state index contributed by atoms with van der Waals surface area (Å²) in [5.74, 6) is -1.09. The molecule has 0 unspecified atom stereocenters. The minimum atomic E-state index is -0.702. The SMILES string of the molecule is CCC1(CC)O[C@H](C(=O)OC)[C@@H](c2ccccc2)O1. The molecule has 19 heavy (non-hydrogen) atoms. The third kappa shape index (κ3) is 2.65. The predicted octanol–water partition coefficient (Wildman–Crippen LogP) is 2.83. The van der Waals surface area contributed by atoms with Crippen molar-refractivity contribution in [1.29, 1.82) is 0 Å². The second kappa shape index (κ2) is 5.72. The molecule has 1 aromatic carbocycles. The topological polar surface area (TPSA) is 44.8 Å². The van der Waals surface area contributed by atoms with Gasteiger partial charge in [0.05, 0.1) is 7.11 Å². The average Bonchev–Trinajstić information content (AvgIpc) is 2.88. The van der Waals surface area contributed by atoms with Gasteiger partial charge in [-0.05, 0) is 18.4 Å². The third-order valence-corrected chi connectivity index (χ3v) is 3.60. The Kier molecular flexibility index (Phi) is 4.22. The number of benzene rings is 1. The van der Waals surface area contributed by atoms with E-state index >= 15 is 0 Å². The van der Waals surface area contributed by atoms with Crippen LogP contribution in [0.25, 0.3) is 0 Å². The summed E-state index contributed by atoms with van der Waals surface area (Å²) in [5, 5.41) is 0. The fourth-order valence-corrected chi connectivity index (χ4v) is 2.37. The number of ether oxygens (including phenoxy) is 3. The Morgan fingerprint density at radius 2 is 1.84 bits per heavy atom. The van der Waals surface area contributed by atoms with E-state index in [0.29, 0.717) is 12.8 Å². The molecule has 0 radical (unpaired) electrons. The first-order valence-electron chi connectivity index (χ1n) is 6.64. The number of methoxy groups -OCH3 is 1. The number of carbonyl (C=O) groups is 1. The molecule has 1 heterocycles. The van der Waals surface area contributed by atoms with E-state index in [1.165, 1.54) is 7.11 Å². The van der Waals surface area contributed by atoms with Crippen molar-refractivity contribution in [2.45, 2.75) is 44.7 Å². The first kappa shape index (κ1) is 14.0. The van der Waals surface area contributed by atoms with Crippen molar-refractivity contribution in [1.82, 2.24) is 0 Å². The highest BCUT2D eigenvalue weighted by Crippen LogP contribution is 2.42. The minimum absolute atomic E-state index is 0.391. The van der Waals surface area contributed by atoms with E-state index < -0.39 is 24.0 Å². The highest BCUT2D eigenvalue weighted by molar-refractivity contribution is 5.76. The first-order chi connectivity index (χ1) is 9.15. The molecule has 0 saturated carbocycles. The van der Waals surface area contributed by atoms with E-state index in [2.05, 4.69) is 0 Å². The van der Waals surface area contributed by atoms with E-state index in [1.807, 2.05) is 44.2 Å². The maximum absolute atomic E-state index is 11.9. The van der Waals surface area contributed by atoms with E-state index in [-0.39, 0.29) is 0 Å². The van der Waals surface area contributed by atoms with Gasteiger partial charge < -0.3 is 14.2 Å². The molecule has 0 amide bonds. The van der Waals surface area contributed by atoms with Crippen LogP contribution in [0.4, 0.5) is 0 Å². The van der Waals surface area contributed by atoms with Crippen LogP contribution >= 0.6 is 0 Å². The van der Waals surface area contributed by atoms with Gasteiger partial charge in [-0.3, -0.25) is 0 Å². The number of esters is 1. The van der Waals surface area contributed by atoms with Crippen LogP contribution < -0.4 is 0 Å². The monoisotopic (exact) mass is 264 g/mol. The van der Waals surface area contributed by atoms with Gasteiger partial charge in [0.15, 0.2) is 11.9 Å². The summed E-state index contributed by atoms with van der Waals surface area (Å²) >= 11 is 0. The van der Waals surface area contributed by atoms with Crippen LogP contribution in [-0.4, -0.2) is 25.0 Å². The molecule has 2 atom stereocenters. The first-order valence-corrected chi connectivity index (χ1v) is 6.64. The lowest BCUT2D eigenvalue weighted by Crippen LogP contribution is -2.31. The zero-order valence-corrected chi connectivity index (χ0v) is 11.6. The highest BCUT2D eigenvalue weighted by atomic mass is 16.8. The van der Waals surface area contributed by atoms with Gasteiger partial charge in [0, 0.05) is 0 Å². The quantitative estimate of drug-likeness (QED) is 0.784. The van der Waals surface area contributed by atoms with E-state index in [0.717, 1.165) is 5.56 Å². The summed E-state index contributed by atoms with van der Waals surface area (Å²) in [6, 6.07) is 9.64. The molecule has 0 N–H and O–H groups in total. The van der Waals surface area contributed by atoms with Gasteiger partial charge in [-0.25, -0.2) is 4.79 Å². The van der Waals surface area contributed by atoms with Crippen molar-refractivity contribution in [2.24, 2.45) is 0 Å². The highest BCUT2D eigenvalue weighted by Gasteiger charge is 2.49. The Bertz CT molecular complexity index is 425. The molecule has 0 spiro atoms. The van der Waals surface area contributed by atoms with Gasteiger partial charge in [0.1, 0.15) is 6.10 Å². The zero-order chi connectivity index (χ0) is 13.9. The fourth-order valence-electron chi connectivity index (χ4n) is 2.37. The lowest BCUT2D eigenvalue weighted by atomic mass is 10.0. The van der Waals surface area contributed by atoms with Crippen molar-refractivity contribution in [2.75, 3.05) is 7.11 Å². The molecule has 4 nitrogen and oxygen atoms in total. The lowest BCUT2D eigenvalue weighted by Gasteiger charge is -2.24. The number of rotatable bonds is 4. The summed E-state index contributed by atoms with van der Waals surface area (Å²) in [7, 11) is 1.37. The Hall–Kier alpha value is -1.39. The van der Waals surface area contributed by atoms with Crippen LogP contribution in [0.5, 0.6) is 0 Å². The van der Waals surface area contributed by atoms with E-state index in [9.17, 15) is 4.79 Å². The van der Waals surface area contributed by atoms with Crippen molar-refractivity contribution < 1.29 is 19.0 Å². The molecule has 1 aliphatic rings. The Morgan fingerprint density at radius 1 is 1.21 bits per heavy atom. The number of carbonyl (C=O) groups excluding carboxylic acids is 1. The summed E-state index contributed by atoms with van der Waals surface area (Å²) in [6.45, 7) is 3.98. The van der Waals surface area contributed by atoms with E-state index in [1.54, 1.807) is 0 Å². The van der Waals surface area contributed by atoms with Gasteiger partial charge in [-0.15, -0.1) is 0 Å². The van der Waals surface area contributed by atoms with Gasteiger partial charge >= 0.3 is 5.97 Å². The Labute approximate surface area is 113 Å². The lowest BCUT2D eigenvalue weighted by molar-refractivity contribution is -0.187. The Balaban J connectivity index is 2.31. The zero-order valence-electron chi connectivity index (χ0n) is 11.6.